The van der Waals surface area contributed by atoms with Gasteiger partial charge in [-0.1, -0.05) is 153 Å². The van der Waals surface area contributed by atoms with Gasteiger partial charge in [0.2, 0.25) is 0 Å². The summed E-state index contributed by atoms with van der Waals surface area (Å²) in [6.45, 7) is 4.74. The fourth-order valence-electron chi connectivity index (χ4n) is 9.62. The molecule has 0 unspecified atom stereocenters. The van der Waals surface area contributed by atoms with Gasteiger partial charge in [-0.15, -0.1) is 0 Å². The van der Waals surface area contributed by atoms with E-state index in [0.717, 1.165) is 5.69 Å². The van der Waals surface area contributed by atoms with Crippen LogP contribution in [0.3, 0.4) is 0 Å². The number of para-hydroxylation sites is 2. The van der Waals surface area contributed by atoms with Crippen LogP contribution in [0.4, 0.5) is 0 Å². The SMILES string of the molecule is CC1(C)c2ccccc2-c2ccc(-c3cccc4c3Sc3cccc5c6c7c(-c8ccc9ccccc9c8)cccc7n(-c7ccccc7)c6n-4c35)cc21. The third-order valence-corrected chi connectivity index (χ3v) is 13.3. The maximum absolute atomic E-state index is 2.57. The van der Waals surface area contributed by atoms with Gasteiger partial charge in [0.15, 0.2) is 0 Å². The Hall–Kier alpha value is -6.29. The van der Waals surface area contributed by atoms with E-state index < -0.39 is 0 Å². The van der Waals surface area contributed by atoms with Gasteiger partial charge in [0.25, 0.3) is 0 Å². The molecule has 0 bridgehead atoms. The molecule has 3 heterocycles. The Kier molecular flexibility index (Phi) is 6.08. The van der Waals surface area contributed by atoms with Crippen LogP contribution in [0, 0.1) is 0 Å². The van der Waals surface area contributed by atoms with Crippen LogP contribution in [-0.2, 0) is 5.41 Å². The molecule has 0 amide bonds. The van der Waals surface area contributed by atoms with Gasteiger partial charge in [-0.25, -0.2) is 0 Å². The highest BCUT2D eigenvalue weighted by Crippen LogP contribution is 2.54. The average Bonchev–Trinajstić information content (AvgIpc) is 3.82. The standard InChI is InChI=1S/C51H34N2S/c1-51(2)41-21-9-8-17-38(41)39-28-27-34(30-42(39)51)37-19-11-23-44-49(37)54-45-24-12-20-40-47-46-36(33-26-25-31-13-6-7-14-32(31)29-33)18-10-22-43(46)52(35-15-4-3-5-16-35)50(47)53(44)48(40)45/h3-30H,1-2H3. The predicted octanol–water partition coefficient (Wildman–Crippen LogP) is 14.0. The predicted molar refractivity (Wildman–Crippen MR) is 228 cm³/mol. The number of rotatable bonds is 3. The summed E-state index contributed by atoms with van der Waals surface area (Å²) in [5, 5.41) is 6.39. The zero-order valence-electron chi connectivity index (χ0n) is 30.0. The van der Waals surface area contributed by atoms with Crippen LogP contribution < -0.4 is 0 Å². The summed E-state index contributed by atoms with van der Waals surface area (Å²) in [7, 11) is 0. The number of hydrogen-bond donors (Lipinski definition) is 0. The second-order valence-electron chi connectivity index (χ2n) is 15.3. The third-order valence-electron chi connectivity index (χ3n) is 12.1. The molecule has 54 heavy (non-hydrogen) atoms. The Morgan fingerprint density at radius 3 is 2.09 bits per heavy atom. The van der Waals surface area contributed by atoms with E-state index in [1.165, 1.54) is 104 Å². The molecule has 1 aliphatic carbocycles. The van der Waals surface area contributed by atoms with Crippen molar-refractivity contribution in [3.63, 3.8) is 0 Å². The molecule has 0 radical (unpaired) electrons. The fraction of sp³-hybridized carbons (Fsp3) is 0.0588. The quantitative estimate of drug-likeness (QED) is 0.178. The van der Waals surface area contributed by atoms with E-state index in [-0.39, 0.29) is 5.41 Å². The molecule has 0 atom stereocenters. The van der Waals surface area contributed by atoms with Crippen LogP contribution in [0.1, 0.15) is 25.0 Å². The van der Waals surface area contributed by atoms with Crippen molar-refractivity contribution in [1.29, 1.82) is 0 Å². The van der Waals surface area contributed by atoms with E-state index in [4.69, 9.17) is 0 Å². The Balaban J connectivity index is 1.16. The Bertz CT molecular complexity index is 3210. The highest BCUT2D eigenvalue weighted by atomic mass is 32.2. The van der Waals surface area contributed by atoms with E-state index in [9.17, 15) is 0 Å². The van der Waals surface area contributed by atoms with Crippen molar-refractivity contribution >= 4 is 55.4 Å². The Morgan fingerprint density at radius 1 is 0.481 bits per heavy atom. The lowest BCUT2D eigenvalue weighted by molar-refractivity contribution is 0.660. The first kappa shape index (κ1) is 30.2. The number of benzene rings is 8. The fourth-order valence-corrected chi connectivity index (χ4v) is 10.8. The molecule has 0 fully saturated rings. The summed E-state index contributed by atoms with van der Waals surface area (Å²) in [5.74, 6) is 0. The number of nitrogens with zero attached hydrogens (tertiary/aromatic N) is 2. The van der Waals surface area contributed by atoms with Crippen LogP contribution in [0.2, 0.25) is 0 Å². The van der Waals surface area contributed by atoms with E-state index in [0.29, 0.717) is 0 Å². The molecule has 2 aromatic heterocycles. The molecule has 8 aromatic carbocycles. The first-order valence-electron chi connectivity index (χ1n) is 18.8. The van der Waals surface area contributed by atoms with E-state index in [1.54, 1.807) is 0 Å². The third kappa shape index (κ3) is 3.97. The van der Waals surface area contributed by atoms with E-state index in [2.05, 4.69) is 193 Å². The normalized spacial score (nSPS) is 13.8. The van der Waals surface area contributed by atoms with Crippen molar-refractivity contribution < 1.29 is 0 Å². The highest BCUT2D eigenvalue weighted by molar-refractivity contribution is 8.00. The van der Waals surface area contributed by atoms with E-state index >= 15 is 0 Å². The lowest BCUT2D eigenvalue weighted by Gasteiger charge is -2.25. The van der Waals surface area contributed by atoms with Gasteiger partial charge in [0.1, 0.15) is 5.65 Å². The first-order valence-corrected chi connectivity index (χ1v) is 19.6. The van der Waals surface area contributed by atoms with Crippen LogP contribution in [0.5, 0.6) is 0 Å². The molecule has 2 aliphatic rings. The maximum atomic E-state index is 2.57. The van der Waals surface area contributed by atoms with Crippen LogP contribution in [-0.4, -0.2) is 9.13 Å². The minimum absolute atomic E-state index is 0.0609. The molecule has 0 saturated heterocycles. The van der Waals surface area contributed by atoms with Crippen molar-refractivity contribution in [3.05, 3.63) is 181 Å². The lowest BCUT2D eigenvalue weighted by atomic mass is 9.81. The number of fused-ring (bicyclic) bond motifs is 11. The van der Waals surface area contributed by atoms with Gasteiger partial charge >= 0.3 is 0 Å². The van der Waals surface area contributed by atoms with Gasteiger partial charge in [0.05, 0.1) is 16.7 Å². The molecule has 0 saturated carbocycles. The molecular weight excluding hydrogens is 673 g/mol. The van der Waals surface area contributed by atoms with Gasteiger partial charge in [-0.05, 0) is 97.7 Å². The summed E-state index contributed by atoms with van der Waals surface area (Å²) in [4.78, 5) is 2.58. The molecule has 10 aromatic rings. The Labute approximate surface area is 317 Å². The van der Waals surface area contributed by atoms with Crippen molar-refractivity contribution in [1.82, 2.24) is 9.13 Å². The van der Waals surface area contributed by atoms with Gasteiger partial charge in [0, 0.05) is 37.1 Å². The smallest absolute Gasteiger partial charge is 0.131 e. The lowest BCUT2D eigenvalue weighted by Crippen LogP contribution is -2.15. The highest BCUT2D eigenvalue weighted by Gasteiger charge is 2.36. The second-order valence-corrected chi connectivity index (χ2v) is 16.4. The average molecular weight is 707 g/mol. The largest absolute Gasteiger partial charge is 0.295 e. The second kappa shape index (κ2) is 10.9. The maximum Gasteiger partial charge on any atom is 0.131 e. The van der Waals surface area contributed by atoms with E-state index in [1.807, 2.05) is 11.8 Å². The minimum Gasteiger partial charge on any atom is -0.295 e. The summed E-state index contributed by atoms with van der Waals surface area (Å²) >= 11 is 1.91. The van der Waals surface area contributed by atoms with Crippen molar-refractivity contribution in [2.24, 2.45) is 0 Å². The summed E-state index contributed by atoms with van der Waals surface area (Å²) in [5.41, 5.74) is 16.6. The zero-order valence-corrected chi connectivity index (χ0v) is 30.8. The molecule has 12 rings (SSSR count). The van der Waals surface area contributed by atoms with Crippen LogP contribution in [0.25, 0.3) is 88.4 Å². The van der Waals surface area contributed by atoms with Crippen molar-refractivity contribution in [3.8, 4) is 44.8 Å². The first-order chi connectivity index (χ1) is 26.6. The monoisotopic (exact) mass is 706 g/mol. The Morgan fingerprint density at radius 2 is 1.19 bits per heavy atom. The van der Waals surface area contributed by atoms with Gasteiger partial charge < -0.3 is 0 Å². The number of aromatic nitrogens is 2. The van der Waals surface area contributed by atoms with Crippen molar-refractivity contribution in [2.45, 2.75) is 29.1 Å². The topological polar surface area (TPSA) is 9.86 Å². The molecule has 3 heteroatoms. The molecule has 1 aliphatic heterocycles. The van der Waals surface area contributed by atoms with Crippen LogP contribution >= 0.6 is 11.8 Å². The molecule has 254 valence electrons. The van der Waals surface area contributed by atoms with Crippen molar-refractivity contribution in [2.75, 3.05) is 0 Å². The molecule has 2 nitrogen and oxygen atoms in total. The zero-order chi connectivity index (χ0) is 35.7. The summed E-state index contributed by atoms with van der Waals surface area (Å²) < 4.78 is 5.07. The molecular formula is C51H34N2S. The molecule has 0 spiro atoms. The van der Waals surface area contributed by atoms with Gasteiger partial charge in [-0.2, -0.15) is 0 Å². The summed E-state index contributed by atoms with van der Waals surface area (Å²) in [6.07, 6.45) is 0. The number of hydrogen-bond acceptors (Lipinski definition) is 1. The van der Waals surface area contributed by atoms with Gasteiger partial charge in [-0.3, -0.25) is 9.13 Å². The molecule has 0 N–H and O–H groups in total. The minimum atomic E-state index is -0.0609. The summed E-state index contributed by atoms with van der Waals surface area (Å²) in [6, 6.07) is 63.2. The van der Waals surface area contributed by atoms with Crippen LogP contribution in [0.15, 0.2) is 180 Å².